The number of amides is 2. The topological polar surface area (TPSA) is 85.1 Å². The van der Waals surface area contributed by atoms with Crippen LogP contribution in [0.15, 0.2) is 54.7 Å². The third kappa shape index (κ3) is 6.20. The highest BCUT2D eigenvalue weighted by Crippen LogP contribution is 2.12. The number of aryl methyl sites for hydroxylation is 1. The van der Waals surface area contributed by atoms with Crippen molar-refractivity contribution < 1.29 is 9.59 Å². The Morgan fingerprint density at radius 1 is 1.08 bits per heavy atom. The van der Waals surface area contributed by atoms with Crippen LogP contribution >= 0.6 is 0 Å². The van der Waals surface area contributed by atoms with Crippen molar-refractivity contribution in [3.05, 3.63) is 66.0 Å². The minimum atomic E-state index is -0.483. The number of primary amides is 1. The van der Waals surface area contributed by atoms with E-state index in [2.05, 4.69) is 10.3 Å². The van der Waals surface area contributed by atoms with Crippen molar-refractivity contribution in [2.45, 2.75) is 25.7 Å². The number of pyridine rings is 1. The standard InChI is InChI=1S/C19H23N3O2/c20-19(24)16(13-15-7-2-1-3-8-15)14-18(23)22-12-6-10-17-9-4-5-11-21-17/h1-5,7-9,11,16H,6,10,12-14H2,(H2,20,24)(H,22,23)/t16-/m1/s1. The van der Waals surface area contributed by atoms with Crippen LogP contribution in [0.2, 0.25) is 0 Å². The lowest BCUT2D eigenvalue weighted by Crippen LogP contribution is -2.33. The number of carbonyl (C=O) groups is 2. The Morgan fingerprint density at radius 3 is 2.50 bits per heavy atom. The summed E-state index contributed by atoms with van der Waals surface area (Å²) in [6.45, 7) is 0.562. The fourth-order valence-corrected chi connectivity index (χ4v) is 2.51. The Hall–Kier alpha value is -2.69. The number of nitrogens with two attached hydrogens (primary N) is 1. The number of aromatic nitrogens is 1. The molecule has 0 unspecified atom stereocenters. The predicted octanol–water partition coefficient (Wildman–Crippen LogP) is 1.86. The first-order valence-electron chi connectivity index (χ1n) is 8.15. The zero-order chi connectivity index (χ0) is 17.2. The highest BCUT2D eigenvalue weighted by molar-refractivity contribution is 5.85. The van der Waals surface area contributed by atoms with E-state index in [-0.39, 0.29) is 12.3 Å². The molecule has 0 aliphatic carbocycles. The van der Waals surface area contributed by atoms with Gasteiger partial charge < -0.3 is 11.1 Å². The third-order valence-corrected chi connectivity index (χ3v) is 3.82. The normalized spacial score (nSPS) is 11.7. The Morgan fingerprint density at radius 2 is 1.83 bits per heavy atom. The van der Waals surface area contributed by atoms with Crippen molar-refractivity contribution in [3.8, 4) is 0 Å². The number of nitrogens with zero attached hydrogens (tertiary/aromatic N) is 1. The van der Waals surface area contributed by atoms with Crippen molar-refractivity contribution in [2.75, 3.05) is 6.54 Å². The Kier molecular flexibility index (Phi) is 6.95. The lowest BCUT2D eigenvalue weighted by molar-refractivity contribution is -0.128. The van der Waals surface area contributed by atoms with Crippen LogP contribution in [0.25, 0.3) is 0 Å². The van der Waals surface area contributed by atoms with Crippen LogP contribution < -0.4 is 11.1 Å². The second kappa shape index (κ2) is 9.45. The molecule has 0 aliphatic heterocycles. The summed E-state index contributed by atoms with van der Waals surface area (Å²) in [7, 11) is 0. The lowest BCUT2D eigenvalue weighted by atomic mass is 9.95. The summed E-state index contributed by atoms with van der Waals surface area (Å²) in [5, 5.41) is 2.85. The van der Waals surface area contributed by atoms with Crippen LogP contribution in [-0.2, 0) is 22.4 Å². The van der Waals surface area contributed by atoms with Gasteiger partial charge in [0.1, 0.15) is 0 Å². The van der Waals surface area contributed by atoms with E-state index in [9.17, 15) is 9.59 Å². The van der Waals surface area contributed by atoms with E-state index in [1.54, 1.807) is 6.20 Å². The summed E-state index contributed by atoms with van der Waals surface area (Å²) < 4.78 is 0. The van der Waals surface area contributed by atoms with Gasteiger partial charge in [-0.3, -0.25) is 14.6 Å². The van der Waals surface area contributed by atoms with Gasteiger partial charge in [-0.05, 0) is 37.0 Å². The Bertz CT molecular complexity index is 644. The molecule has 5 heteroatoms. The number of nitrogens with one attached hydrogen (secondary N) is 1. The van der Waals surface area contributed by atoms with Gasteiger partial charge >= 0.3 is 0 Å². The van der Waals surface area contributed by atoms with E-state index in [1.165, 1.54) is 0 Å². The summed E-state index contributed by atoms with van der Waals surface area (Å²) >= 11 is 0. The highest BCUT2D eigenvalue weighted by Gasteiger charge is 2.19. The van der Waals surface area contributed by atoms with Crippen molar-refractivity contribution in [1.29, 1.82) is 0 Å². The van der Waals surface area contributed by atoms with Gasteiger partial charge in [-0.1, -0.05) is 36.4 Å². The van der Waals surface area contributed by atoms with Gasteiger partial charge in [0.2, 0.25) is 11.8 Å². The second-order valence-electron chi connectivity index (χ2n) is 5.77. The molecule has 0 fully saturated rings. The molecule has 3 N–H and O–H groups in total. The highest BCUT2D eigenvalue weighted by atomic mass is 16.2. The first-order chi connectivity index (χ1) is 11.6. The number of rotatable bonds is 9. The predicted molar refractivity (Wildman–Crippen MR) is 93.0 cm³/mol. The molecular formula is C19H23N3O2. The molecule has 24 heavy (non-hydrogen) atoms. The molecule has 126 valence electrons. The van der Waals surface area contributed by atoms with Crippen molar-refractivity contribution >= 4 is 11.8 Å². The molecule has 0 spiro atoms. The number of hydrogen-bond acceptors (Lipinski definition) is 3. The smallest absolute Gasteiger partial charge is 0.221 e. The largest absolute Gasteiger partial charge is 0.369 e. The number of carbonyl (C=O) groups excluding carboxylic acids is 2. The summed E-state index contributed by atoms with van der Waals surface area (Å²) in [6.07, 6.45) is 3.98. The maximum absolute atomic E-state index is 12.0. The molecule has 2 aromatic rings. The van der Waals surface area contributed by atoms with Gasteiger partial charge in [0.05, 0.1) is 5.92 Å². The minimum Gasteiger partial charge on any atom is -0.369 e. The van der Waals surface area contributed by atoms with Crippen LogP contribution in [0, 0.1) is 5.92 Å². The SMILES string of the molecule is NC(=O)[C@@H](CC(=O)NCCCc1ccccn1)Cc1ccccc1. The molecule has 0 saturated heterocycles. The van der Waals surface area contributed by atoms with Gasteiger partial charge in [-0.25, -0.2) is 0 Å². The van der Waals surface area contributed by atoms with Gasteiger partial charge in [0.25, 0.3) is 0 Å². The van der Waals surface area contributed by atoms with E-state index in [1.807, 2.05) is 48.5 Å². The van der Waals surface area contributed by atoms with E-state index in [4.69, 9.17) is 5.73 Å². The fourth-order valence-electron chi connectivity index (χ4n) is 2.51. The molecule has 1 atom stereocenters. The molecule has 1 heterocycles. The first kappa shape index (κ1) is 17.7. The van der Waals surface area contributed by atoms with Crippen LogP contribution in [0.5, 0.6) is 0 Å². The first-order valence-corrected chi connectivity index (χ1v) is 8.15. The van der Waals surface area contributed by atoms with Crippen molar-refractivity contribution in [2.24, 2.45) is 11.7 Å². The van der Waals surface area contributed by atoms with Gasteiger partial charge in [-0.2, -0.15) is 0 Å². The van der Waals surface area contributed by atoms with Crippen LogP contribution in [0.1, 0.15) is 24.1 Å². The molecule has 1 aromatic carbocycles. The molecule has 0 aliphatic rings. The Labute approximate surface area is 142 Å². The van der Waals surface area contributed by atoms with Crippen molar-refractivity contribution in [3.63, 3.8) is 0 Å². The molecule has 2 rings (SSSR count). The average molecular weight is 325 g/mol. The van der Waals surface area contributed by atoms with Crippen LogP contribution in [-0.4, -0.2) is 23.3 Å². The molecule has 0 bridgehead atoms. The number of hydrogen-bond donors (Lipinski definition) is 2. The van der Waals surface area contributed by atoms with E-state index in [0.717, 1.165) is 24.1 Å². The molecular weight excluding hydrogens is 302 g/mol. The summed E-state index contributed by atoms with van der Waals surface area (Å²) in [5.41, 5.74) is 7.45. The monoisotopic (exact) mass is 325 g/mol. The average Bonchev–Trinajstić information content (AvgIpc) is 2.60. The maximum Gasteiger partial charge on any atom is 0.221 e. The Balaban J connectivity index is 1.73. The number of benzene rings is 1. The van der Waals surface area contributed by atoms with E-state index >= 15 is 0 Å². The molecule has 5 nitrogen and oxygen atoms in total. The molecule has 1 aromatic heterocycles. The van der Waals surface area contributed by atoms with Gasteiger partial charge in [0, 0.05) is 24.9 Å². The molecule has 0 radical (unpaired) electrons. The molecule has 2 amide bonds. The summed E-state index contributed by atoms with van der Waals surface area (Å²) in [5.74, 6) is -1.07. The van der Waals surface area contributed by atoms with Crippen molar-refractivity contribution in [1.82, 2.24) is 10.3 Å². The fraction of sp³-hybridized carbons (Fsp3) is 0.316. The van der Waals surface area contributed by atoms with E-state index in [0.29, 0.717) is 13.0 Å². The second-order valence-corrected chi connectivity index (χ2v) is 5.77. The maximum atomic E-state index is 12.0. The summed E-state index contributed by atoms with van der Waals surface area (Å²) in [6, 6.07) is 15.4. The molecule has 0 saturated carbocycles. The zero-order valence-corrected chi connectivity index (χ0v) is 13.7. The minimum absolute atomic E-state index is 0.119. The van der Waals surface area contributed by atoms with E-state index < -0.39 is 11.8 Å². The lowest BCUT2D eigenvalue weighted by Gasteiger charge is -2.13. The van der Waals surface area contributed by atoms with Crippen LogP contribution in [0.3, 0.4) is 0 Å². The zero-order valence-electron chi connectivity index (χ0n) is 13.7. The van der Waals surface area contributed by atoms with Gasteiger partial charge in [0.15, 0.2) is 0 Å². The quantitative estimate of drug-likeness (QED) is 0.690. The van der Waals surface area contributed by atoms with Gasteiger partial charge in [-0.15, -0.1) is 0 Å². The third-order valence-electron chi connectivity index (χ3n) is 3.82. The summed E-state index contributed by atoms with van der Waals surface area (Å²) in [4.78, 5) is 27.9. The van der Waals surface area contributed by atoms with Crippen LogP contribution in [0.4, 0.5) is 0 Å².